The lowest BCUT2D eigenvalue weighted by Gasteiger charge is -2.22. The molecule has 1 aromatic heterocycles. The predicted molar refractivity (Wildman–Crippen MR) is 81.9 cm³/mol. The molecular weight excluding hydrogens is 329 g/mol. The van der Waals surface area contributed by atoms with Crippen LogP contribution in [0.5, 0.6) is 0 Å². The van der Waals surface area contributed by atoms with E-state index in [9.17, 15) is 13.2 Å². The molecule has 0 bridgehead atoms. The second-order valence-electron chi connectivity index (χ2n) is 5.11. The fourth-order valence-electron chi connectivity index (χ4n) is 2.25. The van der Waals surface area contributed by atoms with Crippen LogP contribution in [-0.4, -0.2) is 28.1 Å². The highest BCUT2D eigenvalue weighted by Gasteiger charge is 2.33. The van der Waals surface area contributed by atoms with Gasteiger partial charge in [0.25, 0.3) is 0 Å². The average molecular weight is 345 g/mol. The van der Waals surface area contributed by atoms with E-state index in [1.54, 1.807) is 24.5 Å². The van der Waals surface area contributed by atoms with Crippen molar-refractivity contribution < 1.29 is 18.3 Å². The Morgan fingerprint density at radius 3 is 2.48 bits per heavy atom. The van der Waals surface area contributed by atoms with Gasteiger partial charge < -0.3 is 5.11 Å². The van der Waals surface area contributed by atoms with Crippen LogP contribution in [0.1, 0.15) is 16.7 Å². The maximum atomic E-state index is 12.9. The number of aliphatic hydroxyl groups excluding tert-OH is 1. The average Bonchev–Trinajstić information content (AvgIpc) is 2.49. The van der Waals surface area contributed by atoms with Crippen LogP contribution in [-0.2, 0) is 19.3 Å². The van der Waals surface area contributed by atoms with Gasteiger partial charge >= 0.3 is 6.18 Å². The molecule has 2 aromatic rings. The molecule has 0 aliphatic carbocycles. The van der Waals surface area contributed by atoms with Gasteiger partial charge in [-0.1, -0.05) is 23.7 Å². The highest BCUT2D eigenvalue weighted by atomic mass is 35.5. The summed E-state index contributed by atoms with van der Waals surface area (Å²) in [5.74, 6) is 0. The van der Waals surface area contributed by atoms with Crippen molar-refractivity contribution in [3.63, 3.8) is 0 Å². The van der Waals surface area contributed by atoms with Crippen LogP contribution in [0, 0.1) is 0 Å². The lowest BCUT2D eigenvalue weighted by molar-refractivity contribution is -0.137. The number of benzene rings is 1. The lowest BCUT2D eigenvalue weighted by Crippen LogP contribution is -2.26. The molecule has 0 fully saturated rings. The van der Waals surface area contributed by atoms with Crippen LogP contribution < -0.4 is 0 Å². The molecule has 7 heteroatoms. The topological polar surface area (TPSA) is 36.4 Å². The molecule has 0 amide bonds. The molecule has 0 radical (unpaired) electrons. The van der Waals surface area contributed by atoms with Gasteiger partial charge in [-0.15, -0.1) is 0 Å². The summed E-state index contributed by atoms with van der Waals surface area (Å²) in [5.41, 5.74) is 0.562. The molecular formula is C16H16ClF3N2O. The molecule has 0 atom stereocenters. The number of hydrogen-bond acceptors (Lipinski definition) is 3. The van der Waals surface area contributed by atoms with Crippen LogP contribution in [0.4, 0.5) is 13.2 Å². The minimum atomic E-state index is -4.49. The van der Waals surface area contributed by atoms with Gasteiger partial charge in [0.15, 0.2) is 0 Å². The molecule has 0 saturated heterocycles. The Balaban J connectivity index is 2.17. The Hall–Kier alpha value is -1.63. The van der Waals surface area contributed by atoms with E-state index in [4.69, 9.17) is 16.7 Å². The molecule has 0 aliphatic rings. The predicted octanol–water partition coefficient (Wildman–Crippen LogP) is 3.75. The van der Waals surface area contributed by atoms with Crippen LogP contribution in [0.15, 0.2) is 42.7 Å². The van der Waals surface area contributed by atoms with Crippen LogP contribution in [0.25, 0.3) is 0 Å². The minimum Gasteiger partial charge on any atom is -0.395 e. The van der Waals surface area contributed by atoms with Gasteiger partial charge in [-0.2, -0.15) is 13.2 Å². The van der Waals surface area contributed by atoms with Crippen molar-refractivity contribution in [3.8, 4) is 0 Å². The van der Waals surface area contributed by atoms with Gasteiger partial charge in [0, 0.05) is 32.0 Å². The largest absolute Gasteiger partial charge is 0.417 e. The summed E-state index contributed by atoms with van der Waals surface area (Å²) in [6.07, 6.45) is -1.15. The molecule has 0 aliphatic heterocycles. The van der Waals surface area contributed by atoms with Crippen molar-refractivity contribution in [3.05, 3.63) is 64.4 Å². The minimum absolute atomic E-state index is 0.0834. The van der Waals surface area contributed by atoms with Crippen molar-refractivity contribution >= 4 is 11.6 Å². The number of halogens is 4. The zero-order valence-corrected chi connectivity index (χ0v) is 13.0. The first-order valence-corrected chi connectivity index (χ1v) is 7.35. The normalized spacial score (nSPS) is 11.9. The van der Waals surface area contributed by atoms with Crippen molar-refractivity contribution in [2.45, 2.75) is 19.3 Å². The summed E-state index contributed by atoms with van der Waals surface area (Å²) in [5, 5.41) is 8.84. The van der Waals surface area contributed by atoms with Gasteiger partial charge in [0.2, 0.25) is 0 Å². The molecule has 1 heterocycles. The molecule has 0 unspecified atom stereocenters. The first-order chi connectivity index (χ1) is 10.9. The summed E-state index contributed by atoms with van der Waals surface area (Å²) >= 11 is 5.63. The molecule has 0 saturated carbocycles. The molecule has 23 heavy (non-hydrogen) atoms. The summed E-state index contributed by atoms with van der Waals surface area (Å²) in [6, 6.07) is 7.53. The fourth-order valence-corrected chi connectivity index (χ4v) is 2.48. The molecule has 2 rings (SSSR count). The van der Waals surface area contributed by atoms with E-state index in [0.29, 0.717) is 18.7 Å². The Morgan fingerprint density at radius 2 is 1.87 bits per heavy atom. The smallest absolute Gasteiger partial charge is 0.395 e. The van der Waals surface area contributed by atoms with E-state index in [0.717, 1.165) is 11.6 Å². The number of pyridine rings is 1. The first kappa shape index (κ1) is 17.7. The SMILES string of the molecule is OCCN(Cc1cccnc1)Cc1ccc(Cl)c(C(F)(F)F)c1. The Labute approximate surface area is 137 Å². The number of aromatic nitrogens is 1. The van der Waals surface area contributed by atoms with Crippen molar-refractivity contribution in [1.82, 2.24) is 9.88 Å². The molecule has 1 aromatic carbocycles. The Morgan fingerprint density at radius 1 is 1.13 bits per heavy atom. The van der Waals surface area contributed by atoms with Gasteiger partial charge in [-0.25, -0.2) is 0 Å². The lowest BCUT2D eigenvalue weighted by atomic mass is 10.1. The van der Waals surface area contributed by atoms with E-state index < -0.39 is 11.7 Å². The third kappa shape index (κ3) is 5.20. The summed E-state index contributed by atoms with van der Waals surface area (Å²) in [6.45, 7) is 1.02. The molecule has 1 N–H and O–H groups in total. The van der Waals surface area contributed by atoms with Gasteiger partial charge in [-0.05, 0) is 29.3 Å². The zero-order chi connectivity index (χ0) is 16.9. The van der Waals surface area contributed by atoms with E-state index in [1.165, 1.54) is 6.07 Å². The maximum Gasteiger partial charge on any atom is 0.417 e. The van der Waals surface area contributed by atoms with E-state index >= 15 is 0 Å². The summed E-state index contributed by atoms with van der Waals surface area (Å²) in [4.78, 5) is 5.86. The van der Waals surface area contributed by atoms with Crippen LogP contribution >= 0.6 is 11.6 Å². The van der Waals surface area contributed by atoms with E-state index in [-0.39, 0.29) is 18.2 Å². The number of hydrogen-bond donors (Lipinski definition) is 1. The van der Waals surface area contributed by atoms with Crippen molar-refractivity contribution in [2.75, 3.05) is 13.2 Å². The first-order valence-electron chi connectivity index (χ1n) is 6.98. The second-order valence-corrected chi connectivity index (χ2v) is 5.51. The van der Waals surface area contributed by atoms with Gasteiger partial charge in [-0.3, -0.25) is 9.88 Å². The van der Waals surface area contributed by atoms with E-state index in [2.05, 4.69) is 4.98 Å². The number of alkyl halides is 3. The van der Waals surface area contributed by atoms with Gasteiger partial charge in [0.1, 0.15) is 0 Å². The summed E-state index contributed by atoms with van der Waals surface area (Å²) < 4.78 is 38.7. The number of nitrogens with zero attached hydrogens (tertiary/aromatic N) is 2. The standard InChI is InChI=1S/C16H16ClF3N2O/c17-15-4-3-12(8-14(15)16(18,19)20)10-22(6-7-23)11-13-2-1-5-21-9-13/h1-5,8-9,23H,6-7,10-11H2. The Kier molecular flexibility index (Phi) is 5.98. The Bertz CT molecular complexity index is 635. The molecule has 0 spiro atoms. The number of rotatable bonds is 6. The molecule has 124 valence electrons. The molecule has 3 nitrogen and oxygen atoms in total. The zero-order valence-electron chi connectivity index (χ0n) is 12.2. The third-order valence-corrected chi connectivity index (χ3v) is 3.62. The van der Waals surface area contributed by atoms with Crippen molar-refractivity contribution in [2.24, 2.45) is 0 Å². The third-order valence-electron chi connectivity index (χ3n) is 3.29. The second kappa shape index (κ2) is 7.77. The number of aliphatic hydroxyl groups is 1. The van der Waals surface area contributed by atoms with Crippen LogP contribution in [0.3, 0.4) is 0 Å². The fraction of sp³-hybridized carbons (Fsp3) is 0.312. The van der Waals surface area contributed by atoms with Crippen LogP contribution in [0.2, 0.25) is 5.02 Å². The summed E-state index contributed by atoms with van der Waals surface area (Å²) in [7, 11) is 0. The quantitative estimate of drug-likeness (QED) is 0.867. The van der Waals surface area contributed by atoms with Crippen molar-refractivity contribution in [1.29, 1.82) is 0 Å². The maximum absolute atomic E-state index is 12.9. The van der Waals surface area contributed by atoms with Gasteiger partial charge in [0.05, 0.1) is 17.2 Å². The highest BCUT2D eigenvalue weighted by molar-refractivity contribution is 6.31. The highest BCUT2D eigenvalue weighted by Crippen LogP contribution is 2.35. The van der Waals surface area contributed by atoms with E-state index in [1.807, 2.05) is 11.0 Å². The monoisotopic (exact) mass is 344 g/mol.